The van der Waals surface area contributed by atoms with Gasteiger partial charge in [0.05, 0.1) is 13.0 Å². The number of amides is 3. The van der Waals surface area contributed by atoms with Gasteiger partial charge in [0.1, 0.15) is 11.7 Å². The van der Waals surface area contributed by atoms with Gasteiger partial charge in [-0.1, -0.05) is 54.1 Å². The van der Waals surface area contributed by atoms with Gasteiger partial charge < -0.3 is 5.32 Å². The van der Waals surface area contributed by atoms with Crippen molar-refractivity contribution < 1.29 is 14.4 Å². The van der Waals surface area contributed by atoms with Gasteiger partial charge in [0, 0.05) is 16.9 Å². The lowest BCUT2D eigenvalue weighted by Crippen LogP contribution is -2.49. The van der Waals surface area contributed by atoms with Gasteiger partial charge in [-0.2, -0.15) is 0 Å². The highest BCUT2D eigenvalue weighted by atomic mass is 35.5. The van der Waals surface area contributed by atoms with Gasteiger partial charge in [-0.05, 0) is 48.1 Å². The smallest absolute Gasteiger partial charge is 0.288 e. The van der Waals surface area contributed by atoms with Crippen molar-refractivity contribution in [2.75, 3.05) is 5.32 Å². The van der Waals surface area contributed by atoms with Crippen LogP contribution >= 0.6 is 23.8 Å². The zero-order chi connectivity index (χ0) is 24.1. The Morgan fingerprint density at radius 1 is 1.03 bits per heavy atom. The first-order valence-electron chi connectivity index (χ1n) is 10.4. The first-order valence-corrected chi connectivity index (χ1v) is 11.2. The van der Waals surface area contributed by atoms with Crippen LogP contribution in [0.15, 0.2) is 79.0 Å². The van der Waals surface area contributed by atoms with Gasteiger partial charge in [-0.25, -0.2) is 5.01 Å². The summed E-state index contributed by atoms with van der Waals surface area (Å²) in [6.45, 7) is 0.209. The van der Waals surface area contributed by atoms with Crippen LogP contribution in [0.5, 0.6) is 0 Å². The van der Waals surface area contributed by atoms with E-state index in [4.69, 9.17) is 23.8 Å². The number of rotatable bonds is 7. The number of aromatic nitrogens is 1. The molecule has 1 aromatic heterocycles. The molecule has 0 radical (unpaired) electrons. The second-order valence-corrected chi connectivity index (χ2v) is 8.30. The molecule has 4 rings (SSSR count). The maximum Gasteiger partial charge on any atom is 0.288 e. The van der Waals surface area contributed by atoms with Gasteiger partial charge in [-0.3, -0.25) is 29.7 Å². The Labute approximate surface area is 206 Å². The number of anilines is 1. The average molecular weight is 494 g/mol. The van der Waals surface area contributed by atoms with E-state index in [-0.39, 0.29) is 23.8 Å². The van der Waals surface area contributed by atoms with Crippen LogP contribution in [0.2, 0.25) is 5.02 Å². The monoisotopic (exact) mass is 493 g/mol. The number of carbonyl (C=O) groups is 3. The van der Waals surface area contributed by atoms with Crippen LogP contribution in [0.1, 0.15) is 22.5 Å². The number of benzene rings is 2. The van der Waals surface area contributed by atoms with Crippen LogP contribution < -0.4 is 10.7 Å². The number of thiocarbonyl (C=S) groups is 1. The average Bonchev–Trinajstić information content (AvgIpc) is 3.04. The summed E-state index contributed by atoms with van der Waals surface area (Å²) in [6.07, 6.45) is 1.25. The molecule has 0 spiro atoms. The minimum Gasteiger partial charge on any atom is -0.326 e. The lowest BCUT2D eigenvalue weighted by Gasteiger charge is -2.24. The van der Waals surface area contributed by atoms with Crippen molar-refractivity contribution in [2.24, 2.45) is 0 Å². The van der Waals surface area contributed by atoms with Crippen LogP contribution in [-0.4, -0.2) is 43.8 Å². The number of hydrogen-bond acceptors (Lipinski definition) is 5. The highest BCUT2D eigenvalue weighted by Gasteiger charge is 2.44. The summed E-state index contributed by atoms with van der Waals surface area (Å²) < 4.78 is 0. The number of hydrogen-bond donors (Lipinski definition) is 2. The molecule has 1 aliphatic rings. The van der Waals surface area contributed by atoms with Crippen LogP contribution in [0.3, 0.4) is 0 Å². The van der Waals surface area contributed by atoms with E-state index < -0.39 is 23.8 Å². The molecule has 0 saturated carbocycles. The van der Waals surface area contributed by atoms with E-state index >= 15 is 0 Å². The van der Waals surface area contributed by atoms with Crippen molar-refractivity contribution in [2.45, 2.75) is 19.0 Å². The van der Waals surface area contributed by atoms with Gasteiger partial charge >= 0.3 is 0 Å². The molecule has 1 atom stereocenters. The summed E-state index contributed by atoms with van der Waals surface area (Å²) in [5.41, 5.74) is 4.16. The van der Waals surface area contributed by atoms with Crippen LogP contribution in [0, 0.1) is 0 Å². The number of halogens is 1. The second kappa shape index (κ2) is 10.4. The van der Waals surface area contributed by atoms with Crippen LogP contribution in [0.4, 0.5) is 5.69 Å². The zero-order valence-electron chi connectivity index (χ0n) is 17.8. The number of hydrazine groups is 1. The molecule has 1 unspecified atom stereocenters. The van der Waals surface area contributed by atoms with Gasteiger partial charge in [0.25, 0.3) is 11.8 Å². The Balaban J connectivity index is 1.55. The van der Waals surface area contributed by atoms with E-state index in [0.717, 1.165) is 5.56 Å². The molecule has 2 heterocycles. The Bertz CT molecular complexity index is 1230. The third-order valence-corrected chi connectivity index (χ3v) is 5.74. The molecule has 172 valence electrons. The molecule has 1 aliphatic heterocycles. The standard InChI is InChI=1S/C24H20ClN5O3S/c25-17-9-6-10-18(13-17)27-21(31)14-20-23(33)29(15-16-7-2-1-3-8-16)24(34)30(20)28-22(32)19-11-4-5-12-26-19/h1-13,20H,14-15H2,(H,27,31)(H,28,32). The summed E-state index contributed by atoms with van der Waals surface area (Å²) >= 11 is 11.5. The van der Waals surface area contributed by atoms with Crippen molar-refractivity contribution in [1.29, 1.82) is 0 Å². The fourth-order valence-corrected chi connectivity index (χ4v) is 4.00. The lowest BCUT2D eigenvalue weighted by molar-refractivity contribution is -0.131. The second-order valence-electron chi connectivity index (χ2n) is 7.50. The predicted octanol–water partition coefficient (Wildman–Crippen LogP) is 3.41. The van der Waals surface area contributed by atoms with Crippen molar-refractivity contribution in [3.63, 3.8) is 0 Å². The van der Waals surface area contributed by atoms with Gasteiger partial charge in [-0.15, -0.1) is 0 Å². The van der Waals surface area contributed by atoms with E-state index in [9.17, 15) is 14.4 Å². The molecule has 2 N–H and O–H groups in total. The van der Waals surface area contributed by atoms with Gasteiger partial charge in [0.15, 0.2) is 5.11 Å². The Morgan fingerprint density at radius 2 is 1.79 bits per heavy atom. The molecule has 1 fully saturated rings. The Hall–Kier alpha value is -3.82. The molecule has 34 heavy (non-hydrogen) atoms. The number of carbonyl (C=O) groups excluding carboxylic acids is 3. The Morgan fingerprint density at radius 3 is 2.50 bits per heavy atom. The summed E-state index contributed by atoms with van der Waals surface area (Å²) in [5.74, 6) is -1.36. The predicted molar refractivity (Wildman–Crippen MR) is 132 cm³/mol. The van der Waals surface area contributed by atoms with Crippen molar-refractivity contribution in [1.82, 2.24) is 20.3 Å². The van der Waals surface area contributed by atoms with E-state index in [1.165, 1.54) is 16.1 Å². The van der Waals surface area contributed by atoms with Crippen molar-refractivity contribution >= 4 is 52.3 Å². The largest absolute Gasteiger partial charge is 0.326 e. The normalized spacial score (nSPS) is 15.4. The molecule has 0 aliphatic carbocycles. The van der Waals surface area contributed by atoms with E-state index in [0.29, 0.717) is 10.7 Å². The summed E-state index contributed by atoms with van der Waals surface area (Å²) in [4.78, 5) is 44.3. The van der Waals surface area contributed by atoms with Crippen LogP contribution in [-0.2, 0) is 16.1 Å². The molecule has 8 nitrogen and oxygen atoms in total. The lowest BCUT2D eigenvalue weighted by atomic mass is 10.1. The number of pyridine rings is 1. The molecular formula is C24H20ClN5O3S. The first kappa shape index (κ1) is 23.3. The summed E-state index contributed by atoms with van der Waals surface area (Å²) in [6, 6.07) is 19.9. The molecule has 3 amide bonds. The summed E-state index contributed by atoms with van der Waals surface area (Å²) in [5, 5.41) is 4.55. The Kier molecular flexibility index (Phi) is 7.15. The van der Waals surface area contributed by atoms with Gasteiger partial charge in [0.2, 0.25) is 5.91 Å². The first-order chi connectivity index (χ1) is 16.4. The third-order valence-electron chi connectivity index (χ3n) is 5.09. The third kappa shape index (κ3) is 5.38. The molecule has 3 aromatic rings. The highest BCUT2D eigenvalue weighted by Crippen LogP contribution is 2.23. The van der Waals surface area contributed by atoms with E-state index in [1.54, 1.807) is 42.5 Å². The number of nitrogens with zero attached hydrogens (tertiary/aromatic N) is 3. The molecule has 1 saturated heterocycles. The fraction of sp³-hybridized carbons (Fsp3) is 0.125. The maximum atomic E-state index is 13.3. The van der Waals surface area contributed by atoms with E-state index in [1.807, 2.05) is 30.3 Å². The number of nitrogens with one attached hydrogen (secondary N) is 2. The van der Waals surface area contributed by atoms with Crippen molar-refractivity contribution in [3.8, 4) is 0 Å². The highest BCUT2D eigenvalue weighted by molar-refractivity contribution is 7.80. The maximum absolute atomic E-state index is 13.3. The fourth-order valence-electron chi connectivity index (χ4n) is 3.48. The minimum absolute atomic E-state index is 0.0960. The molecule has 0 bridgehead atoms. The van der Waals surface area contributed by atoms with Crippen molar-refractivity contribution in [3.05, 3.63) is 95.3 Å². The molecule has 10 heteroatoms. The summed E-state index contributed by atoms with van der Waals surface area (Å²) in [7, 11) is 0. The quantitative estimate of drug-likeness (QED) is 0.490. The zero-order valence-corrected chi connectivity index (χ0v) is 19.4. The van der Waals surface area contributed by atoms with Crippen LogP contribution in [0.25, 0.3) is 0 Å². The molecule has 2 aromatic carbocycles. The minimum atomic E-state index is -1.02. The topological polar surface area (TPSA) is 94.6 Å². The molecular weight excluding hydrogens is 474 g/mol. The van der Waals surface area contributed by atoms with E-state index in [2.05, 4.69) is 15.7 Å². The SMILES string of the molecule is O=C(CC1C(=O)N(Cc2ccccc2)C(=S)N1NC(=O)c1ccccn1)Nc1cccc(Cl)c1.